The normalized spacial score (nSPS) is 14.8. The molecule has 1 unspecified atom stereocenters. The maximum Gasteiger partial charge on any atom is 0.414 e. The average molecular weight is 459 g/mol. The summed E-state index contributed by atoms with van der Waals surface area (Å²) in [6.07, 6.45) is -1.06. The van der Waals surface area contributed by atoms with E-state index >= 15 is 0 Å². The van der Waals surface area contributed by atoms with Gasteiger partial charge < -0.3 is 20.7 Å². The van der Waals surface area contributed by atoms with E-state index in [2.05, 4.69) is 16.0 Å². The molecule has 1 aliphatic rings. The van der Waals surface area contributed by atoms with Gasteiger partial charge in [-0.15, -0.1) is 0 Å². The first-order chi connectivity index (χ1) is 15.9. The van der Waals surface area contributed by atoms with Crippen LogP contribution < -0.4 is 20.9 Å². The Morgan fingerprint density at radius 1 is 1.15 bits per heavy atom. The number of ether oxygens (including phenoxy) is 1. The second-order valence-electron chi connectivity index (χ2n) is 7.19. The molecule has 1 fully saturated rings. The molecule has 1 atom stereocenters. The predicted octanol–water partition coefficient (Wildman–Crippen LogP) is 2.82. The number of anilines is 1. The molecular formula is C24H31FN4O4. The van der Waals surface area contributed by atoms with E-state index in [9.17, 15) is 18.8 Å². The van der Waals surface area contributed by atoms with Crippen LogP contribution in [-0.2, 0) is 20.9 Å². The van der Waals surface area contributed by atoms with Crippen LogP contribution in [-0.4, -0.2) is 50.7 Å². The van der Waals surface area contributed by atoms with Gasteiger partial charge >= 0.3 is 6.09 Å². The minimum atomic E-state index is -0.573. The van der Waals surface area contributed by atoms with Crippen molar-refractivity contribution in [3.05, 3.63) is 53.8 Å². The highest BCUT2D eigenvalue weighted by Crippen LogP contribution is 2.29. The molecule has 2 aromatic rings. The van der Waals surface area contributed by atoms with E-state index in [0.29, 0.717) is 23.4 Å². The fourth-order valence-electron chi connectivity index (χ4n) is 3.21. The molecule has 2 aromatic carbocycles. The number of cyclic esters (lactones) is 1. The lowest BCUT2D eigenvalue weighted by atomic mass is 10.0. The molecule has 8 nitrogen and oxygen atoms in total. The first-order valence-electron chi connectivity index (χ1n) is 10.9. The summed E-state index contributed by atoms with van der Waals surface area (Å²) in [5.41, 5.74) is 2.48. The van der Waals surface area contributed by atoms with Crippen LogP contribution in [0.5, 0.6) is 0 Å². The second kappa shape index (κ2) is 12.5. The standard InChI is InChI=1S/C22H25FN4O4.C2H6/c1-14(28)26-11-18-13-27(22(30)31-18)17-7-8-19(20(23)9-17)16-5-3-15(4-6-16)10-25-12-21(29)24-2;1-2/h3-9,18,25H,10-13H2,1-2H3,(H,24,29)(H,26,28);1-2H3. The summed E-state index contributed by atoms with van der Waals surface area (Å²) in [7, 11) is 1.58. The van der Waals surface area contributed by atoms with Crippen LogP contribution in [0.4, 0.5) is 14.9 Å². The molecule has 33 heavy (non-hydrogen) atoms. The van der Waals surface area contributed by atoms with E-state index in [1.54, 1.807) is 19.2 Å². The van der Waals surface area contributed by atoms with E-state index in [0.717, 1.165) is 5.56 Å². The highest BCUT2D eigenvalue weighted by molar-refractivity contribution is 5.90. The zero-order valence-electron chi connectivity index (χ0n) is 19.4. The predicted molar refractivity (Wildman–Crippen MR) is 125 cm³/mol. The molecule has 0 radical (unpaired) electrons. The van der Waals surface area contributed by atoms with Gasteiger partial charge in [-0.2, -0.15) is 0 Å². The minimum absolute atomic E-state index is 0.0953. The second-order valence-corrected chi connectivity index (χ2v) is 7.19. The van der Waals surface area contributed by atoms with Gasteiger partial charge in [0, 0.05) is 26.1 Å². The number of amides is 3. The maximum atomic E-state index is 14.8. The lowest BCUT2D eigenvalue weighted by Crippen LogP contribution is -2.33. The third kappa shape index (κ3) is 7.28. The number of halogens is 1. The maximum absolute atomic E-state index is 14.8. The summed E-state index contributed by atoms with van der Waals surface area (Å²) in [5.74, 6) is -0.763. The summed E-state index contributed by atoms with van der Waals surface area (Å²) in [6.45, 7) is 6.57. The van der Waals surface area contributed by atoms with E-state index < -0.39 is 18.0 Å². The third-order valence-electron chi connectivity index (χ3n) is 4.88. The number of likely N-dealkylation sites (N-methyl/N-ethyl adjacent to an activating group) is 1. The largest absolute Gasteiger partial charge is 0.442 e. The van der Waals surface area contributed by atoms with Crippen molar-refractivity contribution in [2.24, 2.45) is 0 Å². The fraction of sp³-hybridized carbons (Fsp3) is 0.375. The van der Waals surface area contributed by atoms with Crippen LogP contribution in [0.1, 0.15) is 26.3 Å². The van der Waals surface area contributed by atoms with Crippen molar-refractivity contribution in [3.63, 3.8) is 0 Å². The SMILES string of the molecule is CC.CNC(=O)CNCc1ccc(-c2ccc(N3CC(CNC(C)=O)OC3=O)cc2F)cc1. The smallest absolute Gasteiger partial charge is 0.414 e. The topological polar surface area (TPSA) is 99.8 Å². The van der Waals surface area contributed by atoms with Crippen molar-refractivity contribution >= 4 is 23.6 Å². The average Bonchev–Trinajstić information content (AvgIpc) is 3.20. The van der Waals surface area contributed by atoms with Crippen molar-refractivity contribution in [3.8, 4) is 11.1 Å². The monoisotopic (exact) mass is 458 g/mol. The van der Waals surface area contributed by atoms with Crippen molar-refractivity contribution in [1.82, 2.24) is 16.0 Å². The van der Waals surface area contributed by atoms with Crippen LogP contribution >= 0.6 is 0 Å². The molecular weight excluding hydrogens is 427 g/mol. The van der Waals surface area contributed by atoms with Crippen LogP contribution in [0, 0.1) is 5.82 Å². The van der Waals surface area contributed by atoms with Crippen LogP contribution in [0.25, 0.3) is 11.1 Å². The van der Waals surface area contributed by atoms with Crippen LogP contribution in [0.3, 0.4) is 0 Å². The van der Waals surface area contributed by atoms with E-state index in [1.807, 2.05) is 38.1 Å². The van der Waals surface area contributed by atoms with Crippen molar-refractivity contribution in [2.45, 2.75) is 33.4 Å². The van der Waals surface area contributed by atoms with Gasteiger partial charge in [0.1, 0.15) is 11.9 Å². The molecule has 3 N–H and O–H groups in total. The summed E-state index contributed by atoms with van der Waals surface area (Å²) in [5, 5.41) is 8.17. The van der Waals surface area contributed by atoms with Gasteiger partial charge in [0.2, 0.25) is 11.8 Å². The number of hydrogen-bond acceptors (Lipinski definition) is 5. The molecule has 9 heteroatoms. The van der Waals surface area contributed by atoms with Crippen LogP contribution in [0.15, 0.2) is 42.5 Å². The van der Waals surface area contributed by atoms with Crippen molar-refractivity contribution in [1.29, 1.82) is 0 Å². The summed E-state index contributed by atoms with van der Waals surface area (Å²) < 4.78 is 20.0. The van der Waals surface area contributed by atoms with Gasteiger partial charge in [-0.25, -0.2) is 9.18 Å². The third-order valence-corrected chi connectivity index (χ3v) is 4.88. The van der Waals surface area contributed by atoms with E-state index in [1.165, 1.54) is 17.9 Å². The van der Waals surface area contributed by atoms with Crippen molar-refractivity contribution in [2.75, 3.05) is 31.6 Å². The van der Waals surface area contributed by atoms with Crippen LogP contribution in [0.2, 0.25) is 0 Å². The summed E-state index contributed by atoms with van der Waals surface area (Å²) >= 11 is 0. The fourth-order valence-corrected chi connectivity index (χ4v) is 3.21. The Morgan fingerprint density at radius 2 is 1.85 bits per heavy atom. The first-order valence-corrected chi connectivity index (χ1v) is 10.9. The highest BCUT2D eigenvalue weighted by atomic mass is 19.1. The van der Waals surface area contributed by atoms with E-state index in [4.69, 9.17) is 4.74 Å². The Kier molecular flexibility index (Phi) is 9.81. The van der Waals surface area contributed by atoms with E-state index in [-0.39, 0.29) is 31.4 Å². The molecule has 3 rings (SSSR count). The Morgan fingerprint density at radius 3 is 2.45 bits per heavy atom. The molecule has 1 heterocycles. The quantitative estimate of drug-likeness (QED) is 0.565. The molecule has 1 aliphatic heterocycles. The summed E-state index contributed by atoms with van der Waals surface area (Å²) in [4.78, 5) is 35.7. The lowest BCUT2D eigenvalue weighted by Gasteiger charge is -2.15. The van der Waals surface area contributed by atoms with Gasteiger partial charge in [-0.1, -0.05) is 38.1 Å². The number of carbonyl (C=O) groups excluding carboxylic acids is 3. The number of carbonyl (C=O) groups is 3. The van der Waals surface area contributed by atoms with Gasteiger partial charge in [0.25, 0.3) is 0 Å². The number of benzene rings is 2. The zero-order valence-corrected chi connectivity index (χ0v) is 19.4. The molecule has 0 aromatic heterocycles. The number of rotatable bonds is 8. The lowest BCUT2D eigenvalue weighted by molar-refractivity contribution is -0.120. The molecule has 1 saturated heterocycles. The Labute approximate surface area is 193 Å². The first kappa shape index (κ1) is 25.8. The minimum Gasteiger partial charge on any atom is -0.442 e. The molecule has 178 valence electrons. The van der Waals surface area contributed by atoms with Crippen molar-refractivity contribution < 1.29 is 23.5 Å². The van der Waals surface area contributed by atoms with Gasteiger partial charge in [-0.05, 0) is 29.3 Å². The van der Waals surface area contributed by atoms with Gasteiger partial charge in [0.15, 0.2) is 0 Å². The molecule has 3 amide bonds. The number of hydrogen-bond donors (Lipinski definition) is 3. The number of nitrogens with zero attached hydrogens (tertiary/aromatic N) is 1. The van der Waals surface area contributed by atoms with Gasteiger partial charge in [0.05, 0.1) is 25.3 Å². The Bertz CT molecular complexity index is 965. The Hall–Kier alpha value is -3.46. The van der Waals surface area contributed by atoms with Gasteiger partial charge in [-0.3, -0.25) is 14.5 Å². The molecule has 0 saturated carbocycles. The molecule has 0 bridgehead atoms. The highest BCUT2D eigenvalue weighted by Gasteiger charge is 2.32. The Balaban J connectivity index is 0.00000187. The number of nitrogens with one attached hydrogen (secondary N) is 3. The zero-order chi connectivity index (χ0) is 24.4. The molecule has 0 aliphatic carbocycles. The molecule has 0 spiro atoms. The summed E-state index contributed by atoms with van der Waals surface area (Å²) in [6, 6.07) is 11.9.